The lowest BCUT2D eigenvalue weighted by Gasteiger charge is -2.36. The number of benzene rings is 1. The Morgan fingerprint density at radius 2 is 1.80 bits per heavy atom. The average Bonchev–Trinajstić information content (AvgIpc) is 3.95. The van der Waals surface area contributed by atoms with E-state index in [0.717, 1.165) is 0 Å². The number of likely N-dealkylation sites (tertiary alicyclic amines) is 1. The molecule has 3 fully saturated rings. The fourth-order valence-corrected chi connectivity index (χ4v) is 7.75. The predicted molar refractivity (Wildman–Crippen MR) is 190 cm³/mol. The van der Waals surface area contributed by atoms with Gasteiger partial charge in [0.1, 0.15) is 35.1 Å². The largest absolute Gasteiger partial charge is 0.494 e. The monoisotopic (exact) mass is 747 g/mol. The van der Waals surface area contributed by atoms with E-state index in [1.807, 2.05) is 0 Å². The highest BCUT2D eigenvalue weighted by Crippen LogP contribution is 2.45. The minimum absolute atomic E-state index is 0.0204. The fourth-order valence-electron chi connectivity index (χ4n) is 6.21. The van der Waals surface area contributed by atoms with Crippen molar-refractivity contribution >= 4 is 56.2 Å². The molecule has 14 nitrogen and oxygen atoms in total. The second-order valence-corrected chi connectivity index (χ2v) is 17.8. The lowest BCUT2D eigenvalue weighted by Crippen LogP contribution is -2.60. The third-order valence-electron chi connectivity index (χ3n) is 9.15. The zero-order valence-electron chi connectivity index (χ0n) is 29.9. The Morgan fingerprint density at radius 3 is 2.37 bits per heavy atom. The summed E-state index contributed by atoms with van der Waals surface area (Å²) in [6, 6.07) is 2.82. The highest BCUT2D eigenvalue weighted by Gasteiger charge is 2.62. The Hall–Kier alpha value is -4.11. The molecule has 1 saturated heterocycles. The van der Waals surface area contributed by atoms with Gasteiger partial charge in [-0.25, -0.2) is 18.2 Å². The smallest absolute Gasteiger partial charge is 0.408 e. The van der Waals surface area contributed by atoms with Gasteiger partial charge in [-0.15, -0.1) is 6.58 Å². The van der Waals surface area contributed by atoms with Crippen LogP contribution in [0.5, 0.6) is 11.6 Å². The molecule has 1 aromatic carbocycles. The number of halogens is 1. The number of rotatable bonds is 11. The fraction of sp³-hybridized carbons (Fsp3) is 0.571. The van der Waals surface area contributed by atoms with Crippen molar-refractivity contribution in [2.24, 2.45) is 11.3 Å². The number of fused-ring (bicyclic) bond motifs is 1. The van der Waals surface area contributed by atoms with Gasteiger partial charge in [-0.3, -0.25) is 19.1 Å². The molecule has 3 N–H and O–H groups in total. The minimum atomic E-state index is -3.91. The van der Waals surface area contributed by atoms with Crippen molar-refractivity contribution in [1.29, 1.82) is 0 Å². The minimum Gasteiger partial charge on any atom is -0.494 e. The summed E-state index contributed by atoms with van der Waals surface area (Å²) < 4.78 is 44.7. The standard InChI is InChI=1S/C35H46ClN5O9S/c1-9-19-16-35(19,31(44)40-51(46,47)22-11-12-22)39-28(42)25-15-21(49-29-24-14-20(36)10-13-23(24)26(48-8)17-37-29)18-41(25)30(43)27(33(2,3)4)38-32(45)50-34(5,6)7/h9-10,13-14,17,19,21-22,25,27H,1,11-12,15-16,18H2,2-8H3,(H,38,45)(H,39,42)(H,40,44)/t19-,21+,25-,27?,35+/m0/s1. The molecule has 1 aliphatic heterocycles. The highest BCUT2D eigenvalue weighted by atomic mass is 35.5. The molecule has 1 aromatic heterocycles. The van der Waals surface area contributed by atoms with Gasteiger partial charge in [-0.05, 0) is 63.6 Å². The maximum Gasteiger partial charge on any atom is 0.408 e. The molecule has 2 aromatic rings. The highest BCUT2D eigenvalue weighted by molar-refractivity contribution is 7.91. The van der Waals surface area contributed by atoms with Crippen molar-refractivity contribution in [3.63, 3.8) is 0 Å². The van der Waals surface area contributed by atoms with E-state index in [1.54, 1.807) is 59.7 Å². The van der Waals surface area contributed by atoms with Crippen molar-refractivity contribution in [1.82, 2.24) is 25.2 Å². The van der Waals surface area contributed by atoms with Gasteiger partial charge in [-0.2, -0.15) is 0 Å². The van der Waals surface area contributed by atoms with Crippen LogP contribution in [0.2, 0.25) is 5.02 Å². The molecule has 0 radical (unpaired) electrons. The number of aromatic nitrogens is 1. The molecular formula is C35H46ClN5O9S. The molecule has 2 heterocycles. The molecule has 2 aliphatic carbocycles. The number of nitrogens with one attached hydrogen (secondary N) is 3. The lowest BCUT2D eigenvalue weighted by atomic mass is 9.85. The van der Waals surface area contributed by atoms with Crippen molar-refractivity contribution < 1.29 is 41.8 Å². The number of carbonyl (C=O) groups excluding carboxylic acids is 4. The second-order valence-electron chi connectivity index (χ2n) is 15.4. The van der Waals surface area contributed by atoms with Gasteiger partial charge in [0.2, 0.25) is 27.7 Å². The SMILES string of the molecule is C=C[C@H]1C[C@]1(NC(=O)[C@@H]1C[C@@H](Oc2ncc(OC)c3ccc(Cl)cc23)CN1C(=O)C(NC(=O)OC(C)(C)C)C(C)(C)C)C(=O)NS(=O)(=O)C1CC1. The number of pyridine rings is 1. The Bertz CT molecular complexity index is 1850. The number of ether oxygens (including phenoxy) is 3. The van der Waals surface area contributed by atoms with Crippen LogP contribution in [0.3, 0.4) is 0 Å². The summed E-state index contributed by atoms with van der Waals surface area (Å²) in [4.78, 5) is 60.8. The predicted octanol–water partition coefficient (Wildman–Crippen LogP) is 3.85. The molecule has 278 valence electrons. The van der Waals surface area contributed by atoms with Crippen LogP contribution in [-0.4, -0.2) is 90.3 Å². The molecule has 1 unspecified atom stereocenters. The van der Waals surface area contributed by atoms with Crippen LogP contribution < -0.4 is 24.8 Å². The average molecular weight is 748 g/mol. The van der Waals surface area contributed by atoms with E-state index in [2.05, 4.69) is 26.9 Å². The third-order valence-corrected chi connectivity index (χ3v) is 11.2. The number of hydrogen-bond donors (Lipinski definition) is 3. The van der Waals surface area contributed by atoms with Crippen molar-refractivity contribution in [2.75, 3.05) is 13.7 Å². The number of methoxy groups -OCH3 is 1. The maximum atomic E-state index is 14.4. The molecule has 0 bridgehead atoms. The van der Waals surface area contributed by atoms with E-state index in [1.165, 1.54) is 24.3 Å². The van der Waals surface area contributed by atoms with Gasteiger partial charge >= 0.3 is 6.09 Å². The molecule has 2 saturated carbocycles. The topological polar surface area (TPSA) is 182 Å². The zero-order chi connectivity index (χ0) is 37.7. The van der Waals surface area contributed by atoms with E-state index in [9.17, 15) is 27.6 Å². The summed E-state index contributed by atoms with van der Waals surface area (Å²) >= 11 is 6.32. The van der Waals surface area contributed by atoms with Crippen LogP contribution >= 0.6 is 11.6 Å². The van der Waals surface area contributed by atoms with Crippen LogP contribution in [0.4, 0.5) is 4.79 Å². The van der Waals surface area contributed by atoms with Crippen molar-refractivity contribution in [3.05, 3.63) is 42.1 Å². The summed E-state index contributed by atoms with van der Waals surface area (Å²) in [6.45, 7) is 14.1. The number of nitrogens with zero attached hydrogens (tertiary/aromatic N) is 2. The third kappa shape index (κ3) is 8.35. The summed E-state index contributed by atoms with van der Waals surface area (Å²) in [5.41, 5.74) is -3.24. The molecule has 0 spiro atoms. The van der Waals surface area contributed by atoms with Crippen LogP contribution in [-0.2, 0) is 29.1 Å². The summed E-state index contributed by atoms with van der Waals surface area (Å²) in [5.74, 6) is -1.99. The molecule has 16 heteroatoms. The molecular weight excluding hydrogens is 702 g/mol. The molecule has 5 rings (SSSR count). The summed E-state index contributed by atoms with van der Waals surface area (Å²) in [5, 5.41) is 6.45. The first-order chi connectivity index (χ1) is 23.7. The van der Waals surface area contributed by atoms with E-state index >= 15 is 0 Å². The van der Waals surface area contributed by atoms with Gasteiger partial charge in [0, 0.05) is 28.1 Å². The number of hydrogen-bond acceptors (Lipinski definition) is 10. The van der Waals surface area contributed by atoms with Crippen LogP contribution in [0.15, 0.2) is 37.1 Å². The first-order valence-corrected chi connectivity index (χ1v) is 18.7. The molecule has 4 amide bonds. The second kappa shape index (κ2) is 13.8. The molecule has 51 heavy (non-hydrogen) atoms. The first-order valence-electron chi connectivity index (χ1n) is 16.8. The van der Waals surface area contributed by atoms with Crippen LogP contribution in [0.1, 0.15) is 67.2 Å². The van der Waals surface area contributed by atoms with E-state index in [0.29, 0.717) is 34.4 Å². The van der Waals surface area contributed by atoms with E-state index in [4.69, 9.17) is 25.8 Å². The quantitative estimate of drug-likeness (QED) is 0.286. The normalized spacial score (nSPS) is 23.9. The van der Waals surface area contributed by atoms with E-state index in [-0.39, 0.29) is 25.3 Å². The number of sulfonamides is 1. The Balaban J connectivity index is 1.46. The van der Waals surface area contributed by atoms with Gasteiger partial charge < -0.3 is 29.7 Å². The summed E-state index contributed by atoms with van der Waals surface area (Å²) in [7, 11) is -2.40. The van der Waals surface area contributed by atoms with Gasteiger partial charge in [0.05, 0.1) is 25.1 Å². The Morgan fingerprint density at radius 1 is 1.12 bits per heavy atom. The molecule has 5 atom stereocenters. The Labute approximate surface area is 303 Å². The Kier molecular flexibility index (Phi) is 10.3. The number of alkyl carbamates (subject to hydrolysis) is 1. The number of carbonyl (C=O) groups is 4. The van der Waals surface area contributed by atoms with Gasteiger partial charge in [0.25, 0.3) is 5.91 Å². The van der Waals surface area contributed by atoms with Crippen molar-refractivity contribution in [2.45, 2.75) is 102 Å². The van der Waals surface area contributed by atoms with Crippen molar-refractivity contribution in [3.8, 4) is 11.6 Å². The van der Waals surface area contributed by atoms with Gasteiger partial charge in [0.15, 0.2) is 0 Å². The van der Waals surface area contributed by atoms with Crippen LogP contribution in [0, 0.1) is 11.3 Å². The number of amides is 4. The lowest BCUT2D eigenvalue weighted by molar-refractivity contribution is -0.143. The maximum absolute atomic E-state index is 14.4. The first kappa shape index (κ1) is 38.1. The zero-order valence-corrected chi connectivity index (χ0v) is 31.4. The molecule has 3 aliphatic rings. The van der Waals surface area contributed by atoms with Crippen LogP contribution in [0.25, 0.3) is 10.8 Å². The van der Waals surface area contributed by atoms with E-state index < -0.39 is 79.7 Å². The van der Waals surface area contributed by atoms with Gasteiger partial charge in [-0.1, -0.05) is 38.4 Å². The summed E-state index contributed by atoms with van der Waals surface area (Å²) in [6.07, 6.45) is 2.40.